The third-order valence-corrected chi connectivity index (χ3v) is 3.15. The Kier molecular flexibility index (Phi) is 3.96. The van der Waals surface area contributed by atoms with E-state index in [9.17, 15) is 4.79 Å². The highest BCUT2D eigenvalue weighted by molar-refractivity contribution is 5.94. The lowest BCUT2D eigenvalue weighted by atomic mass is 9.95. The number of ether oxygens (including phenoxy) is 1. The van der Waals surface area contributed by atoms with Gasteiger partial charge in [-0.2, -0.15) is 0 Å². The van der Waals surface area contributed by atoms with Crippen LogP contribution in [0.2, 0.25) is 0 Å². The predicted molar refractivity (Wildman–Crippen MR) is 65.1 cm³/mol. The van der Waals surface area contributed by atoms with Gasteiger partial charge in [-0.15, -0.1) is 0 Å². The second-order valence-corrected chi connectivity index (χ2v) is 4.40. The van der Waals surface area contributed by atoms with Gasteiger partial charge in [0.05, 0.1) is 7.11 Å². The average Bonchev–Trinajstić information content (AvgIpc) is 2.40. The Labute approximate surface area is 101 Å². The summed E-state index contributed by atoms with van der Waals surface area (Å²) in [6, 6.07) is 3.70. The van der Waals surface area contributed by atoms with E-state index in [0.29, 0.717) is 17.5 Å². The van der Waals surface area contributed by atoms with E-state index in [1.165, 1.54) is 19.3 Å². The number of hydrogen-bond donors (Lipinski definition) is 1. The number of nitrogens with zero attached hydrogens (tertiary/aromatic N) is 1. The largest absolute Gasteiger partial charge is 0.481 e. The van der Waals surface area contributed by atoms with Crippen LogP contribution in [-0.2, 0) is 0 Å². The summed E-state index contributed by atoms with van der Waals surface area (Å²) in [5.41, 5.74) is 0.613. The van der Waals surface area contributed by atoms with Crippen LogP contribution in [-0.4, -0.2) is 24.0 Å². The van der Waals surface area contributed by atoms with Crippen molar-refractivity contribution in [3.05, 3.63) is 23.9 Å². The predicted octanol–water partition coefficient (Wildman–Crippen LogP) is 2.15. The minimum atomic E-state index is -0.0300. The average molecular weight is 234 g/mol. The molecular formula is C13H18N2O2. The van der Waals surface area contributed by atoms with Crippen molar-refractivity contribution >= 4 is 5.91 Å². The zero-order valence-electron chi connectivity index (χ0n) is 10.1. The van der Waals surface area contributed by atoms with Gasteiger partial charge < -0.3 is 10.1 Å². The molecule has 4 nitrogen and oxygen atoms in total. The fourth-order valence-corrected chi connectivity index (χ4v) is 2.18. The van der Waals surface area contributed by atoms with Crippen LogP contribution >= 0.6 is 0 Å². The number of nitrogens with one attached hydrogen (secondary N) is 1. The van der Waals surface area contributed by atoms with Crippen molar-refractivity contribution in [2.45, 2.75) is 38.1 Å². The van der Waals surface area contributed by atoms with Gasteiger partial charge in [0.2, 0.25) is 5.88 Å². The maximum absolute atomic E-state index is 12.0. The molecular weight excluding hydrogens is 216 g/mol. The zero-order valence-corrected chi connectivity index (χ0v) is 10.1. The molecule has 1 aliphatic carbocycles. The molecule has 0 radical (unpaired) electrons. The van der Waals surface area contributed by atoms with Crippen LogP contribution in [0.5, 0.6) is 5.88 Å². The Morgan fingerprint density at radius 2 is 2.18 bits per heavy atom. The van der Waals surface area contributed by atoms with Crippen LogP contribution in [0.4, 0.5) is 0 Å². The SMILES string of the molecule is COc1cc(C(=O)NC2CCCCC2)ccn1. The fourth-order valence-electron chi connectivity index (χ4n) is 2.18. The molecule has 0 atom stereocenters. The van der Waals surface area contributed by atoms with Crippen molar-refractivity contribution < 1.29 is 9.53 Å². The zero-order chi connectivity index (χ0) is 12.1. The minimum Gasteiger partial charge on any atom is -0.481 e. The molecule has 92 valence electrons. The quantitative estimate of drug-likeness (QED) is 0.871. The molecule has 1 heterocycles. The monoisotopic (exact) mass is 234 g/mol. The Morgan fingerprint density at radius 3 is 2.88 bits per heavy atom. The standard InChI is InChI=1S/C13H18N2O2/c1-17-12-9-10(7-8-14-12)13(16)15-11-5-3-2-4-6-11/h7-9,11H,2-6H2,1H3,(H,15,16). The molecule has 1 aliphatic rings. The first kappa shape index (κ1) is 11.9. The van der Waals surface area contributed by atoms with Crippen molar-refractivity contribution in [2.24, 2.45) is 0 Å². The lowest BCUT2D eigenvalue weighted by Gasteiger charge is -2.22. The van der Waals surface area contributed by atoms with E-state index in [0.717, 1.165) is 12.8 Å². The normalized spacial score (nSPS) is 16.5. The smallest absolute Gasteiger partial charge is 0.251 e. The molecule has 2 rings (SSSR count). The van der Waals surface area contributed by atoms with Gasteiger partial charge in [0.15, 0.2) is 0 Å². The Hall–Kier alpha value is -1.58. The van der Waals surface area contributed by atoms with Gasteiger partial charge in [-0.05, 0) is 18.9 Å². The number of carbonyl (C=O) groups is 1. The Balaban J connectivity index is 1.98. The number of hydrogen-bond acceptors (Lipinski definition) is 3. The second kappa shape index (κ2) is 5.66. The summed E-state index contributed by atoms with van der Waals surface area (Å²) in [7, 11) is 1.55. The molecule has 1 fully saturated rings. The van der Waals surface area contributed by atoms with Crippen LogP contribution in [0.15, 0.2) is 18.3 Å². The van der Waals surface area contributed by atoms with Crippen LogP contribution in [0, 0.1) is 0 Å². The van der Waals surface area contributed by atoms with Crippen molar-refractivity contribution in [1.29, 1.82) is 0 Å². The summed E-state index contributed by atoms with van der Waals surface area (Å²) < 4.78 is 5.00. The summed E-state index contributed by atoms with van der Waals surface area (Å²) >= 11 is 0. The van der Waals surface area contributed by atoms with E-state index in [2.05, 4.69) is 10.3 Å². The highest BCUT2D eigenvalue weighted by atomic mass is 16.5. The molecule has 0 bridgehead atoms. The third kappa shape index (κ3) is 3.19. The second-order valence-electron chi connectivity index (χ2n) is 4.40. The lowest BCUT2D eigenvalue weighted by molar-refractivity contribution is 0.0927. The number of pyridine rings is 1. The topological polar surface area (TPSA) is 51.2 Å². The van der Waals surface area contributed by atoms with E-state index in [1.54, 1.807) is 25.4 Å². The number of rotatable bonds is 3. The first-order valence-corrected chi connectivity index (χ1v) is 6.10. The van der Waals surface area contributed by atoms with E-state index in [1.807, 2.05) is 0 Å². The molecule has 1 amide bonds. The maximum Gasteiger partial charge on any atom is 0.251 e. The highest BCUT2D eigenvalue weighted by Gasteiger charge is 2.16. The van der Waals surface area contributed by atoms with Gasteiger partial charge in [-0.25, -0.2) is 4.98 Å². The van der Waals surface area contributed by atoms with Gasteiger partial charge in [0, 0.05) is 23.9 Å². The van der Waals surface area contributed by atoms with Gasteiger partial charge in [-0.3, -0.25) is 4.79 Å². The van der Waals surface area contributed by atoms with Gasteiger partial charge in [0.25, 0.3) is 5.91 Å². The van der Waals surface area contributed by atoms with Crippen LogP contribution in [0.25, 0.3) is 0 Å². The van der Waals surface area contributed by atoms with Crippen LogP contribution in [0.1, 0.15) is 42.5 Å². The number of amides is 1. The maximum atomic E-state index is 12.0. The summed E-state index contributed by atoms with van der Waals surface area (Å²) in [6.45, 7) is 0. The molecule has 4 heteroatoms. The third-order valence-electron chi connectivity index (χ3n) is 3.15. The van der Waals surface area contributed by atoms with Crippen molar-refractivity contribution in [1.82, 2.24) is 10.3 Å². The first-order chi connectivity index (χ1) is 8.29. The van der Waals surface area contributed by atoms with E-state index < -0.39 is 0 Å². The summed E-state index contributed by atoms with van der Waals surface area (Å²) in [4.78, 5) is 16.0. The van der Waals surface area contributed by atoms with Crippen LogP contribution < -0.4 is 10.1 Å². The fraction of sp³-hybridized carbons (Fsp3) is 0.538. The van der Waals surface area contributed by atoms with E-state index in [4.69, 9.17) is 4.74 Å². The Morgan fingerprint density at radius 1 is 1.41 bits per heavy atom. The number of aromatic nitrogens is 1. The molecule has 0 aliphatic heterocycles. The van der Waals surface area contributed by atoms with Crippen molar-refractivity contribution in [3.8, 4) is 5.88 Å². The van der Waals surface area contributed by atoms with Crippen molar-refractivity contribution in [2.75, 3.05) is 7.11 Å². The van der Waals surface area contributed by atoms with Gasteiger partial charge >= 0.3 is 0 Å². The van der Waals surface area contributed by atoms with E-state index in [-0.39, 0.29) is 5.91 Å². The number of methoxy groups -OCH3 is 1. The van der Waals surface area contributed by atoms with Gasteiger partial charge in [0.1, 0.15) is 0 Å². The number of carbonyl (C=O) groups excluding carboxylic acids is 1. The molecule has 17 heavy (non-hydrogen) atoms. The van der Waals surface area contributed by atoms with Gasteiger partial charge in [-0.1, -0.05) is 19.3 Å². The van der Waals surface area contributed by atoms with Crippen molar-refractivity contribution in [3.63, 3.8) is 0 Å². The molecule has 0 spiro atoms. The summed E-state index contributed by atoms with van der Waals surface area (Å²) in [5, 5.41) is 3.06. The molecule has 0 unspecified atom stereocenters. The molecule has 1 saturated carbocycles. The molecule has 1 aromatic heterocycles. The molecule has 1 N–H and O–H groups in total. The molecule has 0 saturated heterocycles. The molecule has 1 aromatic rings. The highest BCUT2D eigenvalue weighted by Crippen LogP contribution is 2.18. The summed E-state index contributed by atoms with van der Waals surface area (Å²) in [5.74, 6) is 0.443. The molecule has 0 aromatic carbocycles. The minimum absolute atomic E-state index is 0.0300. The van der Waals surface area contributed by atoms with E-state index >= 15 is 0 Å². The first-order valence-electron chi connectivity index (χ1n) is 6.10. The lowest BCUT2D eigenvalue weighted by Crippen LogP contribution is -2.36. The summed E-state index contributed by atoms with van der Waals surface area (Å²) in [6.07, 6.45) is 7.49. The van der Waals surface area contributed by atoms with Crippen LogP contribution in [0.3, 0.4) is 0 Å². The Bertz CT molecular complexity index is 387.